The van der Waals surface area contributed by atoms with Crippen molar-refractivity contribution in [3.05, 3.63) is 35.7 Å². The van der Waals surface area contributed by atoms with Gasteiger partial charge in [-0.2, -0.15) is 4.98 Å². The molecule has 26 heavy (non-hydrogen) atoms. The van der Waals surface area contributed by atoms with Gasteiger partial charge in [0.2, 0.25) is 17.6 Å². The van der Waals surface area contributed by atoms with E-state index in [9.17, 15) is 4.79 Å². The summed E-state index contributed by atoms with van der Waals surface area (Å²) in [6, 6.07) is 8.18. The SMILES string of the molecule is CC(C)c1ccc(-c2noc(CCC(=O)N3CCC(CN)C3)n2)cc1.Cl. The fourth-order valence-electron chi connectivity index (χ4n) is 3.11. The molecule has 2 heterocycles. The van der Waals surface area contributed by atoms with Crippen LogP contribution in [0.3, 0.4) is 0 Å². The number of nitrogens with zero attached hydrogens (tertiary/aromatic N) is 3. The molecule has 0 bridgehead atoms. The average Bonchev–Trinajstić information content (AvgIpc) is 3.29. The third-order valence-corrected chi connectivity index (χ3v) is 4.83. The molecule has 1 aliphatic rings. The molecule has 0 saturated carbocycles. The molecule has 1 aromatic heterocycles. The van der Waals surface area contributed by atoms with E-state index in [1.165, 1.54) is 5.56 Å². The van der Waals surface area contributed by atoms with Crippen molar-refractivity contribution in [1.82, 2.24) is 15.0 Å². The van der Waals surface area contributed by atoms with Crippen LogP contribution in [0.2, 0.25) is 0 Å². The van der Waals surface area contributed by atoms with Crippen LogP contribution in [-0.4, -0.2) is 40.6 Å². The summed E-state index contributed by atoms with van der Waals surface area (Å²) in [6.07, 6.45) is 1.87. The molecule has 1 aromatic carbocycles. The monoisotopic (exact) mass is 378 g/mol. The molecule has 1 saturated heterocycles. The Hall–Kier alpha value is -1.92. The number of carbonyl (C=O) groups excluding carboxylic acids is 1. The first kappa shape index (κ1) is 20.4. The molecule has 1 aliphatic heterocycles. The van der Waals surface area contributed by atoms with E-state index >= 15 is 0 Å². The molecular weight excluding hydrogens is 352 g/mol. The van der Waals surface area contributed by atoms with Crippen molar-refractivity contribution in [2.24, 2.45) is 11.7 Å². The molecule has 0 spiro atoms. The van der Waals surface area contributed by atoms with Crippen LogP contribution in [0.5, 0.6) is 0 Å². The molecule has 1 unspecified atom stereocenters. The number of nitrogens with two attached hydrogens (primary N) is 1. The highest BCUT2D eigenvalue weighted by atomic mass is 35.5. The van der Waals surface area contributed by atoms with Crippen LogP contribution in [0, 0.1) is 5.92 Å². The third kappa shape index (κ3) is 4.83. The number of aryl methyl sites for hydroxylation is 1. The van der Waals surface area contributed by atoms with E-state index in [2.05, 4.69) is 36.1 Å². The van der Waals surface area contributed by atoms with Gasteiger partial charge < -0.3 is 15.2 Å². The van der Waals surface area contributed by atoms with Crippen LogP contribution in [0.15, 0.2) is 28.8 Å². The Labute approximate surface area is 160 Å². The average molecular weight is 379 g/mol. The molecule has 0 aliphatic carbocycles. The fraction of sp³-hybridized carbons (Fsp3) is 0.526. The number of hydrogen-bond acceptors (Lipinski definition) is 5. The molecule has 1 atom stereocenters. The summed E-state index contributed by atoms with van der Waals surface area (Å²) in [5.41, 5.74) is 7.88. The molecule has 1 amide bonds. The molecule has 2 aromatic rings. The number of aromatic nitrogens is 2. The highest BCUT2D eigenvalue weighted by Crippen LogP contribution is 2.21. The van der Waals surface area contributed by atoms with Crippen LogP contribution < -0.4 is 5.73 Å². The van der Waals surface area contributed by atoms with Crippen molar-refractivity contribution in [3.63, 3.8) is 0 Å². The van der Waals surface area contributed by atoms with Crippen LogP contribution in [-0.2, 0) is 11.2 Å². The third-order valence-electron chi connectivity index (χ3n) is 4.83. The molecular formula is C19H27ClN4O2. The lowest BCUT2D eigenvalue weighted by Crippen LogP contribution is -2.30. The van der Waals surface area contributed by atoms with Crippen molar-refractivity contribution in [1.29, 1.82) is 0 Å². The van der Waals surface area contributed by atoms with Gasteiger partial charge in [0.05, 0.1) is 0 Å². The molecule has 6 nitrogen and oxygen atoms in total. The summed E-state index contributed by atoms with van der Waals surface area (Å²) < 4.78 is 5.30. The zero-order chi connectivity index (χ0) is 17.8. The van der Waals surface area contributed by atoms with Gasteiger partial charge in [0, 0.05) is 31.5 Å². The number of carbonyl (C=O) groups is 1. The molecule has 3 rings (SSSR count). The Kier molecular flexibility index (Phi) is 7.17. The molecule has 0 radical (unpaired) electrons. The minimum atomic E-state index is 0. The summed E-state index contributed by atoms with van der Waals surface area (Å²) >= 11 is 0. The molecule has 7 heteroatoms. The first-order valence-electron chi connectivity index (χ1n) is 8.97. The van der Waals surface area contributed by atoms with Gasteiger partial charge in [0.15, 0.2) is 0 Å². The topological polar surface area (TPSA) is 85.2 Å². The van der Waals surface area contributed by atoms with Crippen molar-refractivity contribution in [2.75, 3.05) is 19.6 Å². The number of likely N-dealkylation sites (tertiary alicyclic amines) is 1. The first-order valence-corrected chi connectivity index (χ1v) is 8.97. The second-order valence-electron chi connectivity index (χ2n) is 7.02. The summed E-state index contributed by atoms with van der Waals surface area (Å²) in [7, 11) is 0. The second kappa shape index (κ2) is 9.14. The minimum Gasteiger partial charge on any atom is -0.342 e. The van der Waals surface area contributed by atoms with Crippen LogP contribution in [0.1, 0.15) is 44.1 Å². The largest absolute Gasteiger partial charge is 0.342 e. The predicted octanol–water partition coefficient (Wildman–Crippen LogP) is 3.02. The predicted molar refractivity (Wildman–Crippen MR) is 103 cm³/mol. The highest BCUT2D eigenvalue weighted by Gasteiger charge is 2.25. The van der Waals surface area contributed by atoms with Gasteiger partial charge in [-0.3, -0.25) is 4.79 Å². The summed E-state index contributed by atoms with van der Waals surface area (Å²) in [5.74, 6) is 2.14. The van der Waals surface area contributed by atoms with Gasteiger partial charge in [-0.1, -0.05) is 43.3 Å². The van der Waals surface area contributed by atoms with Crippen LogP contribution in [0.4, 0.5) is 0 Å². The lowest BCUT2D eigenvalue weighted by atomic mass is 10.0. The Balaban J connectivity index is 0.00000243. The number of halogens is 1. The summed E-state index contributed by atoms with van der Waals surface area (Å²) in [6.45, 7) is 6.54. The normalized spacial score (nSPS) is 16.8. The van der Waals surface area contributed by atoms with E-state index in [1.807, 2.05) is 17.0 Å². The Bertz CT molecular complexity index is 715. The van der Waals surface area contributed by atoms with E-state index < -0.39 is 0 Å². The number of rotatable bonds is 6. The van der Waals surface area contributed by atoms with Crippen molar-refractivity contribution >= 4 is 18.3 Å². The molecule has 2 N–H and O–H groups in total. The summed E-state index contributed by atoms with van der Waals surface area (Å²) in [5, 5.41) is 4.03. The Morgan fingerprint density at radius 1 is 1.35 bits per heavy atom. The van der Waals surface area contributed by atoms with Crippen molar-refractivity contribution in [2.45, 2.75) is 39.0 Å². The zero-order valence-electron chi connectivity index (χ0n) is 15.4. The molecule has 1 fully saturated rings. The highest BCUT2D eigenvalue weighted by molar-refractivity contribution is 5.85. The summed E-state index contributed by atoms with van der Waals surface area (Å²) in [4.78, 5) is 18.6. The molecule has 142 valence electrons. The van der Waals surface area contributed by atoms with E-state index in [-0.39, 0.29) is 18.3 Å². The van der Waals surface area contributed by atoms with E-state index in [4.69, 9.17) is 10.3 Å². The van der Waals surface area contributed by atoms with Gasteiger partial charge in [0.1, 0.15) is 0 Å². The second-order valence-corrected chi connectivity index (χ2v) is 7.02. The number of benzene rings is 1. The number of amides is 1. The lowest BCUT2D eigenvalue weighted by Gasteiger charge is -2.15. The van der Waals surface area contributed by atoms with E-state index in [0.717, 1.165) is 25.1 Å². The lowest BCUT2D eigenvalue weighted by molar-refractivity contribution is -0.130. The maximum absolute atomic E-state index is 12.3. The Morgan fingerprint density at radius 3 is 2.69 bits per heavy atom. The fourth-order valence-corrected chi connectivity index (χ4v) is 3.11. The van der Waals surface area contributed by atoms with Crippen LogP contribution >= 0.6 is 12.4 Å². The van der Waals surface area contributed by atoms with Crippen molar-refractivity contribution < 1.29 is 9.32 Å². The quantitative estimate of drug-likeness (QED) is 0.835. The first-order chi connectivity index (χ1) is 12.1. The van der Waals surface area contributed by atoms with Crippen LogP contribution in [0.25, 0.3) is 11.4 Å². The van der Waals surface area contributed by atoms with Gasteiger partial charge in [0.25, 0.3) is 0 Å². The standard InChI is InChI=1S/C19H26N4O2.ClH/c1-13(2)15-3-5-16(6-4-15)19-21-17(25-22-19)7-8-18(24)23-10-9-14(11-20)12-23;/h3-6,13-14H,7-12,20H2,1-2H3;1H. The van der Waals surface area contributed by atoms with Crippen molar-refractivity contribution in [3.8, 4) is 11.4 Å². The van der Waals surface area contributed by atoms with E-state index in [1.54, 1.807) is 0 Å². The van der Waals surface area contributed by atoms with Gasteiger partial charge >= 0.3 is 0 Å². The van der Waals surface area contributed by atoms with Gasteiger partial charge in [-0.05, 0) is 30.4 Å². The maximum Gasteiger partial charge on any atom is 0.227 e. The van der Waals surface area contributed by atoms with Gasteiger partial charge in [-0.15, -0.1) is 12.4 Å². The maximum atomic E-state index is 12.3. The smallest absolute Gasteiger partial charge is 0.227 e. The Morgan fingerprint density at radius 2 is 2.08 bits per heavy atom. The zero-order valence-corrected chi connectivity index (χ0v) is 16.2. The van der Waals surface area contributed by atoms with E-state index in [0.29, 0.717) is 42.9 Å². The number of hydrogen-bond donors (Lipinski definition) is 1. The van der Waals surface area contributed by atoms with Gasteiger partial charge in [-0.25, -0.2) is 0 Å². The minimum absolute atomic E-state index is 0.